The fraction of sp³-hybridized carbons (Fsp3) is 0.333. The van der Waals surface area contributed by atoms with Crippen molar-refractivity contribution in [3.63, 3.8) is 0 Å². The number of anilines is 1. The summed E-state index contributed by atoms with van der Waals surface area (Å²) in [5.41, 5.74) is 3.14. The Kier molecular flexibility index (Phi) is 6.88. The molecule has 9 heteroatoms. The number of amides is 1. The Labute approximate surface area is 199 Å². The van der Waals surface area contributed by atoms with Crippen molar-refractivity contribution in [1.82, 2.24) is 14.1 Å². The topological polar surface area (TPSA) is 84.3 Å². The van der Waals surface area contributed by atoms with E-state index in [4.69, 9.17) is 11.6 Å². The second-order valence-corrected chi connectivity index (χ2v) is 10.5. The molecule has 2 aromatic carbocycles. The number of hydrogen-bond donors (Lipinski definition) is 1. The van der Waals surface area contributed by atoms with Gasteiger partial charge in [-0.05, 0) is 57.0 Å². The first-order valence-corrected chi connectivity index (χ1v) is 12.8. The van der Waals surface area contributed by atoms with E-state index in [-0.39, 0.29) is 15.5 Å². The summed E-state index contributed by atoms with van der Waals surface area (Å²) < 4.78 is 29.8. The molecule has 0 spiro atoms. The smallest absolute Gasteiger partial charge is 0.255 e. The van der Waals surface area contributed by atoms with Crippen LogP contribution in [0.3, 0.4) is 0 Å². The zero-order valence-corrected chi connectivity index (χ0v) is 20.3. The second-order valence-electron chi connectivity index (χ2n) is 8.21. The molecule has 174 valence electrons. The molecule has 0 aliphatic carbocycles. The van der Waals surface area contributed by atoms with Crippen molar-refractivity contribution < 1.29 is 13.2 Å². The average Bonchev–Trinajstić information content (AvgIpc) is 2.99. The Morgan fingerprint density at radius 3 is 2.33 bits per heavy atom. The van der Waals surface area contributed by atoms with Crippen molar-refractivity contribution in [2.45, 2.75) is 44.4 Å². The molecule has 1 aliphatic rings. The quantitative estimate of drug-likeness (QED) is 0.552. The molecule has 33 heavy (non-hydrogen) atoms. The summed E-state index contributed by atoms with van der Waals surface area (Å²) in [6.45, 7) is 4.62. The number of nitrogens with zero attached hydrogens (tertiary/aromatic N) is 3. The molecule has 2 heterocycles. The van der Waals surface area contributed by atoms with Gasteiger partial charge in [0.25, 0.3) is 5.91 Å². The van der Waals surface area contributed by atoms with Crippen LogP contribution in [0, 0.1) is 13.8 Å². The maximum atomic E-state index is 13.3. The average molecular weight is 487 g/mol. The van der Waals surface area contributed by atoms with Gasteiger partial charge in [-0.15, -0.1) is 0 Å². The van der Waals surface area contributed by atoms with Crippen LogP contribution in [0.5, 0.6) is 0 Å². The molecule has 0 saturated carbocycles. The van der Waals surface area contributed by atoms with Crippen LogP contribution in [0.25, 0.3) is 5.69 Å². The predicted molar refractivity (Wildman–Crippen MR) is 130 cm³/mol. The van der Waals surface area contributed by atoms with E-state index in [0.717, 1.165) is 37.1 Å². The van der Waals surface area contributed by atoms with Crippen LogP contribution in [0.4, 0.5) is 5.69 Å². The lowest BCUT2D eigenvalue weighted by Gasteiger charge is -2.21. The maximum Gasteiger partial charge on any atom is 0.255 e. The molecular formula is C24H27ClN4O3S. The van der Waals surface area contributed by atoms with Gasteiger partial charge in [-0.1, -0.05) is 42.6 Å². The Morgan fingerprint density at radius 2 is 1.67 bits per heavy atom. The number of rotatable bonds is 5. The maximum absolute atomic E-state index is 13.3. The number of para-hydroxylation sites is 1. The molecule has 1 aromatic heterocycles. The van der Waals surface area contributed by atoms with Gasteiger partial charge in [0.2, 0.25) is 10.0 Å². The molecule has 0 radical (unpaired) electrons. The number of benzene rings is 2. The lowest BCUT2D eigenvalue weighted by molar-refractivity contribution is 0.102. The lowest BCUT2D eigenvalue weighted by Crippen LogP contribution is -2.32. The number of aryl methyl sites for hydroxylation is 1. The minimum absolute atomic E-state index is 0.0351. The van der Waals surface area contributed by atoms with E-state index in [9.17, 15) is 13.2 Å². The Morgan fingerprint density at radius 1 is 1.00 bits per heavy atom. The Balaban J connectivity index is 1.62. The van der Waals surface area contributed by atoms with E-state index < -0.39 is 15.9 Å². The molecule has 3 aromatic rings. The third kappa shape index (κ3) is 4.83. The van der Waals surface area contributed by atoms with Crippen molar-refractivity contribution in [3.05, 3.63) is 70.5 Å². The zero-order chi connectivity index (χ0) is 23.6. The lowest BCUT2D eigenvalue weighted by atomic mass is 10.2. The summed E-state index contributed by atoms with van der Waals surface area (Å²) in [5.74, 6) is -0.419. The van der Waals surface area contributed by atoms with Crippen LogP contribution < -0.4 is 5.32 Å². The first-order chi connectivity index (χ1) is 15.8. The SMILES string of the molecule is Cc1nn(-c2ccccc2)c(C)c1NC(=O)c1ccc(Cl)c(S(=O)(=O)N2CCCCCC2)c1. The van der Waals surface area contributed by atoms with Crippen molar-refractivity contribution in [2.75, 3.05) is 18.4 Å². The molecule has 1 fully saturated rings. The van der Waals surface area contributed by atoms with Gasteiger partial charge in [0.1, 0.15) is 4.90 Å². The summed E-state index contributed by atoms with van der Waals surface area (Å²) in [4.78, 5) is 13.1. The molecule has 0 unspecified atom stereocenters. The predicted octanol–water partition coefficient (Wildman–Crippen LogP) is 4.96. The van der Waals surface area contributed by atoms with Crippen LogP contribution in [0.2, 0.25) is 5.02 Å². The number of nitrogens with one attached hydrogen (secondary N) is 1. The van der Waals surface area contributed by atoms with Crippen LogP contribution in [0.1, 0.15) is 47.4 Å². The summed E-state index contributed by atoms with van der Waals surface area (Å²) in [7, 11) is -3.79. The third-order valence-corrected chi connectivity index (χ3v) is 8.29. The van der Waals surface area contributed by atoms with Crippen molar-refractivity contribution in [2.24, 2.45) is 0 Å². The molecule has 1 amide bonds. The van der Waals surface area contributed by atoms with E-state index in [0.29, 0.717) is 24.5 Å². The molecule has 7 nitrogen and oxygen atoms in total. The number of carbonyl (C=O) groups excluding carboxylic acids is 1. The van der Waals surface area contributed by atoms with Gasteiger partial charge < -0.3 is 5.32 Å². The van der Waals surface area contributed by atoms with Crippen molar-refractivity contribution in [3.8, 4) is 5.69 Å². The van der Waals surface area contributed by atoms with Gasteiger partial charge in [-0.2, -0.15) is 9.40 Å². The highest BCUT2D eigenvalue weighted by atomic mass is 35.5. The number of hydrogen-bond acceptors (Lipinski definition) is 4. The summed E-state index contributed by atoms with van der Waals surface area (Å²) >= 11 is 6.28. The first kappa shape index (κ1) is 23.5. The highest BCUT2D eigenvalue weighted by Crippen LogP contribution is 2.29. The zero-order valence-electron chi connectivity index (χ0n) is 18.7. The highest BCUT2D eigenvalue weighted by Gasteiger charge is 2.28. The molecule has 0 atom stereocenters. The van der Waals surface area contributed by atoms with Gasteiger partial charge >= 0.3 is 0 Å². The van der Waals surface area contributed by atoms with Crippen LogP contribution in [-0.4, -0.2) is 41.5 Å². The van der Waals surface area contributed by atoms with Gasteiger partial charge in [-0.3, -0.25) is 4.79 Å². The Bertz CT molecular complexity index is 1260. The van der Waals surface area contributed by atoms with Gasteiger partial charge in [0.15, 0.2) is 0 Å². The monoisotopic (exact) mass is 486 g/mol. The number of aromatic nitrogens is 2. The third-order valence-electron chi connectivity index (χ3n) is 5.91. The summed E-state index contributed by atoms with van der Waals surface area (Å²) in [6, 6.07) is 14.0. The normalized spacial score (nSPS) is 15.2. The summed E-state index contributed by atoms with van der Waals surface area (Å²) in [6.07, 6.45) is 3.66. The first-order valence-electron chi connectivity index (χ1n) is 11.0. The van der Waals surface area contributed by atoms with E-state index >= 15 is 0 Å². The van der Waals surface area contributed by atoms with Crippen LogP contribution in [-0.2, 0) is 10.0 Å². The molecule has 4 rings (SSSR count). The molecular weight excluding hydrogens is 460 g/mol. The van der Waals surface area contributed by atoms with E-state index in [1.807, 2.05) is 44.2 Å². The minimum atomic E-state index is -3.79. The molecule has 0 bridgehead atoms. The van der Waals surface area contributed by atoms with E-state index in [1.165, 1.54) is 22.5 Å². The van der Waals surface area contributed by atoms with E-state index in [1.54, 1.807) is 4.68 Å². The fourth-order valence-electron chi connectivity index (χ4n) is 4.09. The minimum Gasteiger partial charge on any atom is -0.319 e. The summed E-state index contributed by atoms with van der Waals surface area (Å²) in [5, 5.41) is 7.56. The number of halogens is 1. The van der Waals surface area contributed by atoms with Crippen molar-refractivity contribution >= 4 is 33.2 Å². The highest BCUT2D eigenvalue weighted by molar-refractivity contribution is 7.89. The van der Waals surface area contributed by atoms with Gasteiger partial charge in [-0.25, -0.2) is 13.1 Å². The van der Waals surface area contributed by atoms with Crippen molar-refractivity contribution in [1.29, 1.82) is 0 Å². The fourth-order valence-corrected chi connectivity index (χ4v) is 6.11. The molecule has 1 N–H and O–H groups in total. The largest absolute Gasteiger partial charge is 0.319 e. The van der Waals surface area contributed by atoms with Crippen LogP contribution in [0.15, 0.2) is 53.4 Å². The Hall–Kier alpha value is -2.68. The number of carbonyl (C=O) groups is 1. The van der Waals surface area contributed by atoms with Gasteiger partial charge in [0.05, 0.1) is 27.8 Å². The number of sulfonamides is 1. The molecule has 1 aliphatic heterocycles. The molecule has 1 saturated heterocycles. The van der Waals surface area contributed by atoms with E-state index in [2.05, 4.69) is 10.4 Å². The second kappa shape index (κ2) is 9.67. The standard InChI is InChI=1S/C24H27ClN4O3S/c1-17-23(18(2)29(27-17)20-10-6-5-7-11-20)26-24(30)19-12-13-21(25)22(16-19)33(31,32)28-14-8-3-4-9-15-28/h5-7,10-13,16H,3-4,8-9,14-15H2,1-2H3,(H,26,30). The van der Waals surface area contributed by atoms with Gasteiger partial charge in [0, 0.05) is 18.7 Å². The van der Waals surface area contributed by atoms with Crippen LogP contribution >= 0.6 is 11.6 Å².